The largest absolute Gasteiger partial charge is 0.416 e. The van der Waals surface area contributed by atoms with Gasteiger partial charge in [-0.15, -0.1) is 0 Å². The summed E-state index contributed by atoms with van der Waals surface area (Å²) in [5.74, 6) is -0.948. The number of amides is 1. The van der Waals surface area contributed by atoms with E-state index >= 15 is 0 Å². The third-order valence-corrected chi connectivity index (χ3v) is 4.90. The predicted molar refractivity (Wildman–Crippen MR) is 78.6 cm³/mol. The second kappa shape index (κ2) is 6.35. The van der Waals surface area contributed by atoms with Crippen molar-refractivity contribution >= 4 is 5.91 Å². The summed E-state index contributed by atoms with van der Waals surface area (Å²) >= 11 is 0. The van der Waals surface area contributed by atoms with E-state index in [1.165, 1.54) is 4.90 Å². The van der Waals surface area contributed by atoms with Crippen molar-refractivity contribution in [3.05, 3.63) is 35.1 Å². The second-order valence-corrected chi connectivity index (χ2v) is 6.50. The van der Waals surface area contributed by atoms with Crippen molar-refractivity contribution < 1.29 is 27.1 Å². The quantitative estimate of drug-likeness (QED) is 0.761. The Morgan fingerprint density at radius 2 is 2.00 bits per heavy atom. The number of rotatable bonds is 2. The van der Waals surface area contributed by atoms with Gasteiger partial charge in [0, 0.05) is 26.1 Å². The Labute approximate surface area is 137 Å². The summed E-state index contributed by atoms with van der Waals surface area (Å²) in [6, 6.07) is 2.38. The van der Waals surface area contributed by atoms with Crippen LogP contribution in [0.15, 0.2) is 18.2 Å². The van der Waals surface area contributed by atoms with Crippen LogP contribution in [-0.2, 0) is 22.3 Å². The molecule has 1 aromatic carbocycles. The molecule has 0 aromatic heterocycles. The summed E-state index contributed by atoms with van der Waals surface area (Å²) in [5, 5.41) is 0. The number of likely N-dealkylation sites (tertiary alicyclic amines) is 1. The highest BCUT2D eigenvalue weighted by Crippen LogP contribution is 2.37. The first-order valence-corrected chi connectivity index (χ1v) is 8.06. The average Bonchev–Trinajstić information content (AvgIpc) is 2.91. The molecular formula is C17H19F4NO2. The fourth-order valence-electron chi connectivity index (χ4n) is 3.57. The van der Waals surface area contributed by atoms with E-state index in [-0.39, 0.29) is 30.0 Å². The minimum atomic E-state index is -4.58. The number of alkyl halides is 3. The fraction of sp³-hybridized carbons (Fsp3) is 0.588. The molecule has 2 heterocycles. The maximum Gasteiger partial charge on any atom is 0.416 e. The molecule has 2 aliphatic heterocycles. The standard InChI is InChI=1S/C17H19F4NO2/c18-13-2-3-14(17(19,20)21)12(10-13)11-22-8-7-16(5-1-9-24-16)6-4-15(22)23/h2-3,10H,1,4-9,11H2/t16-/m1/s1. The van der Waals surface area contributed by atoms with Crippen LogP contribution >= 0.6 is 0 Å². The fourth-order valence-corrected chi connectivity index (χ4v) is 3.57. The Morgan fingerprint density at radius 3 is 2.67 bits per heavy atom. The molecule has 0 unspecified atom stereocenters. The zero-order valence-corrected chi connectivity index (χ0v) is 13.2. The van der Waals surface area contributed by atoms with Crippen molar-refractivity contribution in [2.75, 3.05) is 13.2 Å². The molecule has 1 amide bonds. The molecule has 1 spiro atoms. The van der Waals surface area contributed by atoms with Crippen LogP contribution in [0.5, 0.6) is 0 Å². The van der Waals surface area contributed by atoms with Crippen molar-refractivity contribution in [3.8, 4) is 0 Å². The average molecular weight is 345 g/mol. The number of hydrogen-bond acceptors (Lipinski definition) is 2. The van der Waals surface area contributed by atoms with Gasteiger partial charge in [-0.1, -0.05) is 0 Å². The van der Waals surface area contributed by atoms with Gasteiger partial charge in [-0.25, -0.2) is 4.39 Å². The minimum absolute atomic E-state index is 0.209. The van der Waals surface area contributed by atoms with E-state index in [1.54, 1.807) is 0 Å². The third kappa shape index (κ3) is 3.55. The number of carbonyl (C=O) groups excluding carboxylic acids is 1. The maximum absolute atomic E-state index is 13.4. The first kappa shape index (κ1) is 17.2. The number of ether oxygens (including phenoxy) is 1. The molecule has 3 rings (SSSR count). The highest BCUT2D eigenvalue weighted by Gasteiger charge is 2.39. The molecule has 7 heteroatoms. The van der Waals surface area contributed by atoms with E-state index in [4.69, 9.17) is 4.74 Å². The summed E-state index contributed by atoms with van der Waals surface area (Å²) in [4.78, 5) is 13.7. The number of nitrogens with zero attached hydrogens (tertiary/aromatic N) is 1. The second-order valence-electron chi connectivity index (χ2n) is 6.50. The molecule has 0 radical (unpaired) electrons. The first-order valence-electron chi connectivity index (χ1n) is 8.06. The van der Waals surface area contributed by atoms with Crippen LogP contribution < -0.4 is 0 Å². The highest BCUT2D eigenvalue weighted by atomic mass is 19.4. The lowest BCUT2D eigenvalue weighted by molar-refractivity contribution is -0.139. The van der Waals surface area contributed by atoms with Gasteiger partial charge >= 0.3 is 6.18 Å². The van der Waals surface area contributed by atoms with Gasteiger partial charge in [-0.3, -0.25) is 4.79 Å². The predicted octanol–water partition coefficient (Wildman–Crippen LogP) is 3.91. The zero-order chi connectivity index (χ0) is 17.4. The van der Waals surface area contributed by atoms with E-state index in [1.807, 2.05) is 0 Å². The molecule has 1 atom stereocenters. The smallest absolute Gasteiger partial charge is 0.375 e. The molecule has 0 bridgehead atoms. The summed E-state index contributed by atoms with van der Waals surface area (Å²) < 4.78 is 58.5. The molecule has 132 valence electrons. The zero-order valence-electron chi connectivity index (χ0n) is 13.2. The molecule has 0 saturated carbocycles. The van der Waals surface area contributed by atoms with Crippen LogP contribution in [0.3, 0.4) is 0 Å². The van der Waals surface area contributed by atoms with Crippen molar-refractivity contribution in [2.24, 2.45) is 0 Å². The lowest BCUT2D eigenvalue weighted by Gasteiger charge is -2.27. The molecule has 1 aromatic rings. The lowest BCUT2D eigenvalue weighted by atomic mass is 9.92. The van der Waals surface area contributed by atoms with Crippen LogP contribution in [0.2, 0.25) is 0 Å². The number of halogens is 4. The lowest BCUT2D eigenvalue weighted by Crippen LogP contribution is -2.32. The van der Waals surface area contributed by atoms with Gasteiger partial charge < -0.3 is 9.64 Å². The maximum atomic E-state index is 13.4. The van der Waals surface area contributed by atoms with E-state index in [0.29, 0.717) is 26.0 Å². The van der Waals surface area contributed by atoms with E-state index in [0.717, 1.165) is 31.0 Å². The van der Waals surface area contributed by atoms with Gasteiger partial charge in [0.25, 0.3) is 0 Å². The van der Waals surface area contributed by atoms with Gasteiger partial charge in [0.1, 0.15) is 5.82 Å². The molecule has 0 N–H and O–H groups in total. The Balaban J connectivity index is 1.80. The van der Waals surface area contributed by atoms with Gasteiger partial charge in [0.05, 0.1) is 11.2 Å². The monoisotopic (exact) mass is 345 g/mol. The summed E-state index contributed by atoms with van der Waals surface area (Å²) in [5.41, 5.74) is -1.42. The van der Waals surface area contributed by atoms with Gasteiger partial charge in [-0.05, 0) is 49.4 Å². The molecule has 2 saturated heterocycles. The Kier molecular flexibility index (Phi) is 4.55. The van der Waals surface area contributed by atoms with Gasteiger partial charge in [-0.2, -0.15) is 13.2 Å². The van der Waals surface area contributed by atoms with Gasteiger partial charge in [0.2, 0.25) is 5.91 Å². The summed E-state index contributed by atoms with van der Waals surface area (Å²) in [6.07, 6.45) is -1.31. The first-order chi connectivity index (χ1) is 11.3. The molecule has 2 fully saturated rings. The highest BCUT2D eigenvalue weighted by molar-refractivity contribution is 5.76. The van der Waals surface area contributed by atoms with Crippen molar-refractivity contribution in [1.29, 1.82) is 0 Å². The van der Waals surface area contributed by atoms with Crippen molar-refractivity contribution in [1.82, 2.24) is 4.90 Å². The summed E-state index contributed by atoms with van der Waals surface area (Å²) in [6.45, 7) is 0.754. The van der Waals surface area contributed by atoms with E-state index in [2.05, 4.69) is 0 Å². The number of hydrogen-bond donors (Lipinski definition) is 0. The van der Waals surface area contributed by atoms with Crippen LogP contribution in [-0.4, -0.2) is 29.6 Å². The van der Waals surface area contributed by atoms with Crippen LogP contribution in [0.1, 0.15) is 43.2 Å². The van der Waals surface area contributed by atoms with Crippen molar-refractivity contribution in [2.45, 2.75) is 50.4 Å². The minimum Gasteiger partial charge on any atom is -0.375 e. The normalized spacial score (nSPS) is 25.3. The molecule has 3 nitrogen and oxygen atoms in total. The van der Waals surface area contributed by atoms with E-state index < -0.39 is 17.6 Å². The molecule has 2 aliphatic rings. The van der Waals surface area contributed by atoms with E-state index in [9.17, 15) is 22.4 Å². The van der Waals surface area contributed by atoms with Crippen LogP contribution in [0.4, 0.5) is 17.6 Å². The Hall–Kier alpha value is -1.63. The SMILES string of the molecule is O=C1CC[C@]2(CCCO2)CCN1Cc1cc(F)ccc1C(F)(F)F. The number of benzene rings is 1. The van der Waals surface area contributed by atoms with Crippen molar-refractivity contribution in [3.63, 3.8) is 0 Å². The number of carbonyl (C=O) groups is 1. The van der Waals surface area contributed by atoms with Gasteiger partial charge in [0.15, 0.2) is 0 Å². The molecular weight excluding hydrogens is 326 g/mol. The van der Waals surface area contributed by atoms with Crippen LogP contribution in [0.25, 0.3) is 0 Å². The topological polar surface area (TPSA) is 29.5 Å². The third-order valence-electron chi connectivity index (χ3n) is 4.90. The summed E-state index contributed by atoms with van der Waals surface area (Å²) in [7, 11) is 0. The van der Waals surface area contributed by atoms with Crippen LogP contribution in [0, 0.1) is 5.82 Å². The molecule has 0 aliphatic carbocycles. The Morgan fingerprint density at radius 1 is 1.21 bits per heavy atom. The Bertz CT molecular complexity index is 624. The molecule has 24 heavy (non-hydrogen) atoms.